The third-order valence-corrected chi connectivity index (χ3v) is 8.46. The number of likely N-dealkylation sites (tertiary alicyclic amines) is 2. The molecule has 30 heavy (non-hydrogen) atoms. The van der Waals surface area contributed by atoms with Crippen molar-refractivity contribution in [1.82, 2.24) is 19.8 Å². The standard InChI is InChI=1S/C23H22N4OS2/c28-23(26-13-5-9-17(26)21-24-15-7-1-3-11-19(15)29-21)27-14-6-10-18(27)22-25-16-8-2-4-12-20(16)30-22/h1-4,7-8,11-12,17-18H,5-6,9-10,13-14H2. The Morgan fingerprint density at radius 2 is 1.23 bits per heavy atom. The van der Waals surface area contributed by atoms with E-state index in [0.717, 1.165) is 59.8 Å². The van der Waals surface area contributed by atoms with E-state index >= 15 is 0 Å². The summed E-state index contributed by atoms with van der Waals surface area (Å²) in [4.78, 5) is 27.5. The van der Waals surface area contributed by atoms with Gasteiger partial charge in [-0.2, -0.15) is 0 Å². The summed E-state index contributed by atoms with van der Waals surface area (Å²) in [7, 11) is 0. The molecule has 2 aliphatic heterocycles. The fraction of sp³-hybridized carbons (Fsp3) is 0.348. The number of carbonyl (C=O) groups is 1. The Hall–Kier alpha value is -2.51. The first-order valence-electron chi connectivity index (χ1n) is 10.6. The number of amides is 2. The van der Waals surface area contributed by atoms with Crippen LogP contribution < -0.4 is 0 Å². The summed E-state index contributed by atoms with van der Waals surface area (Å²) in [6.07, 6.45) is 4.05. The lowest BCUT2D eigenvalue weighted by Crippen LogP contribution is -2.42. The van der Waals surface area contributed by atoms with Crippen LogP contribution in [0.3, 0.4) is 0 Å². The van der Waals surface area contributed by atoms with Gasteiger partial charge < -0.3 is 9.80 Å². The fourth-order valence-corrected chi connectivity index (χ4v) is 6.97. The number of nitrogens with zero attached hydrogens (tertiary/aromatic N) is 4. The second-order valence-corrected chi connectivity index (χ2v) is 10.1. The van der Waals surface area contributed by atoms with Crippen molar-refractivity contribution in [2.24, 2.45) is 0 Å². The Balaban J connectivity index is 1.29. The Kier molecular flexibility index (Phi) is 4.46. The van der Waals surface area contributed by atoms with E-state index < -0.39 is 0 Å². The molecule has 2 atom stereocenters. The smallest absolute Gasteiger partial charge is 0.315 e. The van der Waals surface area contributed by atoms with Gasteiger partial charge in [-0.3, -0.25) is 0 Å². The van der Waals surface area contributed by atoms with Crippen LogP contribution in [-0.4, -0.2) is 38.9 Å². The van der Waals surface area contributed by atoms with E-state index in [9.17, 15) is 4.79 Å². The number of aromatic nitrogens is 2. The molecule has 2 saturated heterocycles. The van der Waals surface area contributed by atoms with E-state index in [0.29, 0.717) is 0 Å². The summed E-state index contributed by atoms with van der Waals surface area (Å²) < 4.78 is 2.39. The zero-order valence-corrected chi connectivity index (χ0v) is 18.2. The van der Waals surface area contributed by atoms with Gasteiger partial charge in [-0.15, -0.1) is 22.7 Å². The summed E-state index contributed by atoms with van der Waals surface area (Å²) in [6.45, 7) is 1.62. The van der Waals surface area contributed by atoms with Crippen LogP contribution in [0, 0.1) is 0 Å². The molecule has 2 amide bonds. The van der Waals surface area contributed by atoms with Gasteiger partial charge in [-0.05, 0) is 49.9 Å². The molecule has 0 bridgehead atoms. The first kappa shape index (κ1) is 18.3. The van der Waals surface area contributed by atoms with Crippen molar-refractivity contribution in [2.75, 3.05) is 13.1 Å². The number of carbonyl (C=O) groups excluding carboxylic acids is 1. The van der Waals surface area contributed by atoms with Gasteiger partial charge in [-0.1, -0.05) is 24.3 Å². The van der Waals surface area contributed by atoms with E-state index in [1.165, 1.54) is 9.40 Å². The first-order valence-corrected chi connectivity index (χ1v) is 12.2. The lowest BCUT2D eigenvalue weighted by Gasteiger charge is -2.31. The van der Waals surface area contributed by atoms with Crippen molar-refractivity contribution in [3.8, 4) is 0 Å². The summed E-state index contributed by atoms with van der Waals surface area (Å²) in [5, 5.41) is 2.13. The maximum atomic E-state index is 13.7. The number of fused-ring (bicyclic) bond motifs is 2. The third-order valence-electron chi connectivity index (χ3n) is 6.19. The molecule has 0 N–H and O–H groups in total. The lowest BCUT2D eigenvalue weighted by molar-refractivity contribution is 0.143. The van der Waals surface area contributed by atoms with Crippen LogP contribution >= 0.6 is 22.7 Å². The van der Waals surface area contributed by atoms with E-state index in [-0.39, 0.29) is 18.1 Å². The van der Waals surface area contributed by atoms with Gasteiger partial charge in [0, 0.05) is 13.1 Å². The molecular formula is C23H22N4OS2. The molecule has 0 aliphatic carbocycles. The molecule has 0 radical (unpaired) electrons. The number of urea groups is 1. The SMILES string of the molecule is O=C(N1CCCC1c1nc2ccccc2s1)N1CCCC1c1nc2ccccc2s1. The molecular weight excluding hydrogens is 412 g/mol. The summed E-state index contributed by atoms with van der Waals surface area (Å²) in [5.41, 5.74) is 2.07. The molecule has 2 aliphatic rings. The van der Waals surface area contributed by atoms with Gasteiger partial charge >= 0.3 is 6.03 Å². The van der Waals surface area contributed by atoms with Crippen molar-refractivity contribution in [3.05, 3.63) is 58.5 Å². The highest BCUT2D eigenvalue weighted by atomic mass is 32.1. The van der Waals surface area contributed by atoms with Crippen molar-refractivity contribution in [3.63, 3.8) is 0 Å². The molecule has 0 spiro atoms. The van der Waals surface area contributed by atoms with Crippen LogP contribution in [-0.2, 0) is 0 Å². The number of hydrogen-bond acceptors (Lipinski definition) is 5. The van der Waals surface area contributed by atoms with Gasteiger partial charge in [-0.25, -0.2) is 14.8 Å². The van der Waals surface area contributed by atoms with Crippen LogP contribution in [0.4, 0.5) is 4.79 Å². The third kappa shape index (κ3) is 2.99. The Morgan fingerprint density at radius 3 is 1.70 bits per heavy atom. The van der Waals surface area contributed by atoms with Crippen LogP contribution in [0.1, 0.15) is 47.8 Å². The molecule has 7 heteroatoms. The van der Waals surface area contributed by atoms with Gasteiger partial charge in [0.1, 0.15) is 10.0 Å². The van der Waals surface area contributed by atoms with Crippen LogP contribution in [0.15, 0.2) is 48.5 Å². The van der Waals surface area contributed by atoms with Gasteiger partial charge in [0.05, 0.1) is 32.5 Å². The van der Waals surface area contributed by atoms with E-state index in [1.54, 1.807) is 22.7 Å². The lowest BCUT2D eigenvalue weighted by atomic mass is 10.2. The number of para-hydroxylation sites is 2. The highest BCUT2D eigenvalue weighted by Gasteiger charge is 2.39. The molecule has 2 aromatic carbocycles. The minimum Gasteiger partial charge on any atom is -0.315 e. The van der Waals surface area contributed by atoms with Crippen LogP contribution in [0.2, 0.25) is 0 Å². The van der Waals surface area contributed by atoms with Gasteiger partial charge in [0.2, 0.25) is 0 Å². The largest absolute Gasteiger partial charge is 0.321 e. The topological polar surface area (TPSA) is 49.3 Å². The molecule has 152 valence electrons. The Labute approximate surface area is 183 Å². The number of rotatable bonds is 2. The molecule has 6 rings (SSSR count). The van der Waals surface area contributed by atoms with Crippen molar-refractivity contribution < 1.29 is 4.79 Å². The molecule has 2 unspecified atom stereocenters. The summed E-state index contributed by atoms with van der Waals surface area (Å²) in [5.74, 6) is 0. The highest BCUT2D eigenvalue weighted by Crippen LogP contribution is 2.41. The fourth-order valence-electron chi connectivity index (χ4n) is 4.73. The zero-order valence-electron chi connectivity index (χ0n) is 16.5. The van der Waals surface area contributed by atoms with Crippen molar-refractivity contribution >= 4 is 49.1 Å². The van der Waals surface area contributed by atoms with Crippen LogP contribution in [0.5, 0.6) is 0 Å². The van der Waals surface area contributed by atoms with Crippen molar-refractivity contribution in [2.45, 2.75) is 37.8 Å². The maximum Gasteiger partial charge on any atom is 0.321 e. The molecule has 5 nitrogen and oxygen atoms in total. The summed E-state index contributed by atoms with van der Waals surface area (Å²) >= 11 is 3.45. The number of hydrogen-bond donors (Lipinski definition) is 0. The Bertz CT molecular complexity index is 1070. The molecule has 0 saturated carbocycles. The monoisotopic (exact) mass is 434 g/mol. The maximum absolute atomic E-state index is 13.7. The average molecular weight is 435 g/mol. The van der Waals surface area contributed by atoms with E-state index in [2.05, 4.69) is 46.2 Å². The minimum absolute atomic E-state index is 0.0894. The van der Waals surface area contributed by atoms with Crippen LogP contribution in [0.25, 0.3) is 20.4 Å². The van der Waals surface area contributed by atoms with E-state index in [4.69, 9.17) is 9.97 Å². The summed E-state index contributed by atoms with van der Waals surface area (Å²) in [6, 6.07) is 16.8. The van der Waals surface area contributed by atoms with E-state index in [1.807, 2.05) is 12.1 Å². The normalized spacial score (nSPS) is 21.9. The predicted octanol–water partition coefficient (Wildman–Crippen LogP) is 6.00. The second kappa shape index (κ2) is 7.32. The second-order valence-electron chi connectivity index (χ2n) is 8.03. The minimum atomic E-state index is 0.0894. The highest BCUT2D eigenvalue weighted by molar-refractivity contribution is 7.19. The molecule has 2 fully saturated rings. The predicted molar refractivity (Wildman–Crippen MR) is 122 cm³/mol. The van der Waals surface area contributed by atoms with Crippen molar-refractivity contribution in [1.29, 1.82) is 0 Å². The quantitative estimate of drug-likeness (QED) is 0.389. The number of benzene rings is 2. The average Bonchev–Trinajstić information content (AvgIpc) is 3.56. The molecule has 4 aromatic rings. The first-order chi connectivity index (χ1) is 14.8. The molecule has 4 heterocycles. The van der Waals surface area contributed by atoms with Gasteiger partial charge in [0.25, 0.3) is 0 Å². The van der Waals surface area contributed by atoms with Gasteiger partial charge in [0.15, 0.2) is 0 Å². The Morgan fingerprint density at radius 1 is 0.767 bits per heavy atom. The molecule has 2 aromatic heterocycles. The zero-order chi connectivity index (χ0) is 20.1. The number of thiazole rings is 2.